The zero-order chi connectivity index (χ0) is 21.9. The second-order valence-electron chi connectivity index (χ2n) is 4.07. The van der Waals surface area contributed by atoms with Crippen LogP contribution in [0.25, 0.3) is 0 Å². The Morgan fingerprint density at radius 3 is 0.885 bits per heavy atom. The maximum atomic E-state index is 8.89. The quantitative estimate of drug-likeness (QED) is 0.213. The van der Waals surface area contributed by atoms with Crippen molar-refractivity contribution < 1.29 is 24.6 Å². The molecule has 0 saturated carbocycles. The van der Waals surface area contributed by atoms with E-state index >= 15 is 0 Å². The van der Waals surface area contributed by atoms with Crippen LogP contribution in [0.15, 0.2) is 30.3 Å². The summed E-state index contributed by atoms with van der Waals surface area (Å²) >= 11 is -13.2. The van der Waals surface area contributed by atoms with Gasteiger partial charge in [0, 0.05) is 35.6 Å². The third kappa shape index (κ3) is 63.6. The molecule has 0 N–H and O–H groups in total. The second kappa shape index (κ2) is 22.9. The first-order chi connectivity index (χ1) is 11.5. The van der Waals surface area contributed by atoms with Gasteiger partial charge in [0.1, 0.15) is 5.69 Å². The van der Waals surface area contributed by atoms with Gasteiger partial charge in [0.15, 0.2) is 0 Å². The summed E-state index contributed by atoms with van der Waals surface area (Å²) in [7, 11) is 23.8. The van der Waals surface area contributed by atoms with Crippen molar-refractivity contribution in [3.8, 4) is 0 Å². The van der Waals surface area contributed by atoms with Gasteiger partial charge in [0.25, 0.3) is 0 Å². The molecule has 0 atom stereocenters. The Bertz CT molecular complexity index is 643. The van der Waals surface area contributed by atoms with Gasteiger partial charge in [-0.2, -0.15) is 0 Å². The van der Waals surface area contributed by atoms with Crippen LogP contribution in [-0.4, -0.2) is 21.1 Å². The predicted octanol–water partition coefficient (Wildman–Crippen LogP) is 7.23. The predicted molar refractivity (Wildman–Crippen MR) is 131 cm³/mol. The number of rotatable bonds is 1. The molecule has 0 saturated heterocycles. The van der Waals surface area contributed by atoms with E-state index < -0.39 is 74.7 Å². The van der Waals surface area contributed by atoms with Crippen LogP contribution in [0.4, 0.5) is 5.69 Å². The van der Waals surface area contributed by atoms with E-state index in [0.717, 1.165) is 4.48 Å². The molecule has 0 spiro atoms. The van der Waals surface area contributed by atoms with Crippen LogP contribution < -0.4 is 4.48 Å². The molecule has 9 nitrogen and oxygen atoms in total. The zero-order valence-electron chi connectivity index (χ0n) is 13.1. The molecule has 0 bridgehead atoms. The normalized spacial score (nSPS) is 9.65. The smallest absolute Gasteiger partial charge is 0.298 e. The highest BCUT2D eigenvalue weighted by Crippen LogP contribution is 2.14. The first-order valence-electron chi connectivity index (χ1n) is 5.28. The van der Waals surface area contributed by atoms with Crippen molar-refractivity contribution in [2.75, 3.05) is 21.1 Å². The van der Waals surface area contributed by atoms with Crippen LogP contribution in [0, 0.1) is 0 Å². The number of para-hydroxylation sites is 1. The Labute approximate surface area is 193 Å². The second-order valence-corrected chi connectivity index (χ2v) is 14.4. The molecule has 0 heterocycles. The Morgan fingerprint density at radius 1 is 0.577 bits per heavy atom. The summed E-state index contributed by atoms with van der Waals surface area (Å²) in [6.07, 6.45) is 0. The van der Waals surface area contributed by atoms with Gasteiger partial charge in [-0.25, -0.2) is 24.6 Å². The summed E-state index contributed by atoms with van der Waals surface area (Å²) in [5.41, 5.74) is 1.34. The van der Waals surface area contributed by atoms with E-state index in [4.69, 9.17) is 24.6 Å². The summed E-state index contributed by atoms with van der Waals surface area (Å²) in [5.74, 6) is 0. The molecule has 26 heavy (non-hydrogen) atoms. The van der Waals surface area contributed by atoms with Crippen molar-refractivity contribution in [2.24, 2.45) is 0 Å². The minimum absolute atomic E-state index is 0.890. The third-order valence-electron chi connectivity index (χ3n) is 1.53. The van der Waals surface area contributed by atoms with Crippen LogP contribution in [0.1, 0.15) is 0 Å². The molecule has 158 valence electrons. The monoisotopic (exact) mass is 912 g/mol. The SMILES string of the molecule is C[N+](C)(C)c1ccccc1.O=I(=O)Cl.O=I(=O)Cl.O=I(=O)Cl.O=I(=O)Cl. The molecule has 0 fully saturated rings. The zero-order valence-corrected chi connectivity index (χ0v) is 24.8. The maximum Gasteiger partial charge on any atom is 0.409 e. The van der Waals surface area contributed by atoms with E-state index in [0.29, 0.717) is 0 Å². The minimum atomic E-state index is -3.29. The molecule has 0 radical (unpaired) electrons. The fraction of sp³-hybridized carbons (Fsp3) is 0.333. The minimum Gasteiger partial charge on any atom is -0.298 e. The number of halogens is 8. The largest absolute Gasteiger partial charge is 0.409 e. The van der Waals surface area contributed by atoms with E-state index in [1.165, 1.54) is 5.69 Å². The van der Waals surface area contributed by atoms with E-state index in [-0.39, 0.29) is 0 Å². The van der Waals surface area contributed by atoms with Gasteiger partial charge in [-0.3, -0.25) is 4.48 Å². The summed E-state index contributed by atoms with van der Waals surface area (Å²) in [6.45, 7) is 0. The van der Waals surface area contributed by atoms with Crippen LogP contribution in [0.2, 0.25) is 0 Å². The van der Waals surface area contributed by atoms with E-state index in [1.807, 2.05) is 6.07 Å². The van der Waals surface area contributed by atoms with E-state index in [9.17, 15) is 0 Å². The third-order valence-corrected chi connectivity index (χ3v) is 1.53. The Kier molecular flexibility index (Phi) is 31.0. The molecule has 1 aromatic rings. The van der Waals surface area contributed by atoms with Crippen molar-refractivity contribution in [2.45, 2.75) is 0 Å². The first kappa shape index (κ1) is 35.1. The standard InChI is InChI=1S/C9H14N.4ClIO2/c1-10(2,3)9-7-5-4-6-8-9;4*1-2(3)4/h4-8H,1-3H3;;;;/q+1;;;;. The molecule has 1 aromatic carbocycles. The van der Waals surface area contributed by atoms with Gasteiger partial charge < -0.3 is 0 Å². The average molecular weight is 914 g/mol. The van der Waals surface area contributed by atoms with Crippen molar-refractivity contribution in [3.05, 3.63) is 30.3 Å². The number of benzene rings is 1. The lowest BCUT2D eigenvalue weighted by Gasteiger charge is -2.22. The molecular formula is C9H14Cl4I4NO8+. The van der Waals surface area contributed by atoms with Crippen molar-refractivity contribution in [1.82, 2.24) is 4.48 Å². The highest BCUT2D eigenvalue weighted by atomic mass is 127. The molecule has 0 amide bonds. The summed E-state index contributed by atoms with van der Waals surface area (Å²) < 4.78 is 72.0. The van der Waals surface area contributed by atoms with E-state index in [2.05, 4.69) is 81.0 Å². The van der Waals surface area contributed by atoms with Crippen LogP contribution in [-0.2, 0) is 24.6 Å². The van der Waals surface area contributed by atoms with Crippen molar-refractivity contribution in [3.63, 3.8) is 0 Å². The molecule has 0 unspecified atom stereocenters. The molecule has 0 aliphatic heterocycles. The van der Waals surface area contributed by atoms with Crippen molar-refractivity contribution in [1.29, 1.82) is 0 Å². The lowest BCUT2D eigenvalue weighted by atomic mass is 10.3. The molecule has 1 rings (SSSR count). The number of hydrogen-bond acceptors (Lipinski definition) is 8. The van der Waals surface area contributed by atoms with Gasteiger partial charge in [0.2, 0.25) is 0 Å². The topological polar surface area (TPSA) is 137 Å². The molecule has 0 aromatic heterocycles. The number of hydrogen-bond donors (Lipinski definition) is 0. The Morgan fingerprint density at radius 2 is 0.769 bits per heavy atom. The number of nitrogens with zero attached hydrogens (tertiary/aromatic N) is 1. The highest BCUT2D eigenvalue weighted by molar-refractivity contribution is 14.2. The molecular weight excluding hydrogens is 900 g/mol. The van der Waals surface area contributed by atoms with Gasteiger partial charge in [-0.15, -0.1) is 0 Å². The Balaban J connectivity index is -0.000000129. The van der Waals surface area contributed by atoms with Gasteiger partial charge in [-0.1, -0.05) is 18.2 Å². The molecule has 0 aliphatic rings. The lowest BCUT2D eigenvalue weighted by Crippen LogP contribution is -2.34. The highest BCUT2D eigenvalue weighted by Gasteiger charge is 2.08. The average Bonchev–Trinajstić information content (AvgIpc) is 2.36. The van der Waals surface area contributed by atoms with Gasteiger partial charge in [-0.05, 0) is 12.1 Å². The van der Waals surface area contributed by atoms with Gasteiger partial charge >= 0.3 is 74.7 Å². The fourth-order valence-electron chi connectivity index (χ4n) is 0.875. The summed E-state index contributed by atoms with van der Waals surface area (Å²) in [4.78, 5) is 0. The molecule has 0 aliphatic carbocycles. The van der Waals surface area contributed by atoms with Crippen LogP contribution in [0.3, 0.4) is 0 Å². The number of quaternary nitrogens is 1. The fourth-order valence-corrected chi connectivity index (χ4v) is 0.875. The maximum absolute atomic E-state index is 8.89. The summed E-state index contributed by atoms with van der Waals surface area (Å²) in [6, 6.07) is 10.5. The first-order valence-corrected chi connectivity index (χ1v) is 23.3. The van der Waals surface area contributed by atoms with Crippen LogP contribution >= 0.6 is 110 Å². The Hall–Kier alpha value is 1.66. The molecule has 17 heteroatoms. The van der Waals surface area contributed by atoms with E-state index in [1.54, 1.807) is 0 Å². The van der Waals surface area contributed by atoms with Gasteiger partial charge in [0.05, 0.1) is 21.1 Å². The summed E-state index contributed by atoms with van der Waals surface area (Å²) in [5, 5.41) is 0. The van der Waals surface area contributed by atoms with Crippen molar-refractivity contribution >= 4 is 116 Å². The lowest BCUT2D eigenvalue weighted by molar-refractivity contribution is 0.486. The van der Waals surface area contributed by atoms with Crippen LogP contribution in [0.5, 0.6) is 0 Å².